The number of anilines is 1. The fraction of sp³-hybridized carbons (Fsp3) is 0.562. The van der Waals surface area contributed by atoms with E-state index in [4.69, 9.17) is 5.73 Å². The molecule has 0 radical (unpaired) electrons. The molecular formula is C16H25N3O. The Labute approximate surface area is 121 Å². The highest BCUT2D eigenvalue weighted by molar-refractivity contribution is 5.78. The Hall–Kier alpha value is -1.55. The van der Waals surface area contributed by atoms with Crippen molar-refractivity contribution < 1.29 is 4.79 Å². The summed E-state index contributed by atoms with van der Waals surface area (Å²) >= 11 is 0. The summed E-state index contributed by atoms with van der Waals surface area (Å²) in [5.74, 6) is -0.0442. The summed E-state index contributed by atoms with van der Waals surface area (Å²) in [6, 6.07) is 8.76. The van der Waals surface area contributed by atoms with E-state index in [1.165, 1.54) is 0 Å². The molecule has 1 heterocycles. The number of nitrogens with zero attached hydrogens (tertiary/aromatic N) is 1. The molecule has 1 amide bonds. The fourth-order valence-electron chi connectivity index (χ4n) is 3.24. The molecule has 1 saturated heterocycles. The maximum absolute atomic E-state index is 11.8. The van der Waals surface area contributed by atoms with E-state index >= 15 is 0 Å². The van der Waals surface area contributed by atoms with Gasteiger partial charge in [0.25, 0.3) is 0 Å². The third-order valence-electron chi connectivity index (χ3n) is 4.26. The van der Waals surface area contributed by atoms with Crippen LogP contribution in [0.15, 0.2) is 24.3 Å². The number of primary amides is 1. The van der Waals surface area contributed by atoms with Gasteiger partial charge in [-0.2, -0.15) is 0 Å². The number of carbonyl (C=O) groups excluding carboxylic acids is 1. The lowest BCUT2D eigenvalue weighted by atomic mass is 9.76. The highest BCUT2D eigenvalue weighted by Crippen LogP contribution is 2.35. The van der Waals surface area contributed by atoms with Crippen LogP contribution in [0.3, 0.4) is 0 Å². The van der Waals surface area contributed by atoms with Crippen LogP contribution in [0.4, 0.5) is 5.69 Å². The third kappa shape index (κ3) is 2.96. The lowest BCUT2D eigenvalue weighted by Gasteiger charge is -2.39. The summed E-state index contributed by atoms with van der Waals surface area (Å²) in [6.45, 7) is 4.28. The topological polar surface area (TPSA) is 58.4 Å². The van der Waals surface area contributed by atoms with Crippen LogP contribution in [0.2, 0.25) is 0 Å². The first-order valence-corrected chi connectivity index (χ1v) is 7.22. The van der Waals surface area contributed by atoms with Crippen molar-refractivity contribution in [3.8, 4) is 0 Å². The van der Waals surface area contributed by atoms with Crippen molar-refractivity contribution in [1.29, 1.82) is 0 Å². The van der Waals surface area contributed by atoms with Crippen molar-refractivity contribution in [2.45, 2.75) is 32.4 Å². The van der Waals surface area contributed by atoms with Crippen molar-refractivity contribution >= 4 is 11.6 Å². The zero-order chi connectivity index (χ0) is 14.9. The van der Waals surface area contributed by atoms with Gasteiger partial charge >= 0.3 is 0 Å². The molecular weight excluding hydrogens is 250 g/mol. The standard InChI is InChI=1S/C16H25N3O/c1-10-9-11(2)18-15(14(10)16(17)20)12-5-7-13(8-6-12)19(3)4/h5-8,10-11,14-15,18H,9H2,1-4H3,(H2,17,20). The molecule has 1 aromatic carbocycles. The summed E-state index contributed by atoms with van der Waals surface area (Å²) in [5.41, 5.74) is 7.91. The molecule has 1 aliphatic rings. The van der Waals surface area contributed by atoms with Crippen molar-refractivity contribution in [2.24, 2.45) is 17.6 Å². The Morgan fingerprint density at radius 2 is 1.85 bits per heavy atom. The molecule has 3 N–H and O–H groups in total. The highest BCUT2D eigenvalue weighted by atomic mass is 16.1. The molecule has 0 spiro atoms. The molecule has 110 valence electrons. The molecule has 4 unspecified atom stereocenters. The number of amides is 1. The van der Waals surface area contributed by atoms with Gasteiger partial charge in [-0.1, -0.05) is 19.1 Å². The van der Waals surface area contributed by atoms with Crippen molar-refractivity contribution in [3.63, 3.8) is 0 Å². The summed E-state index contributed by atoms with van der Waals surface area (Å²) in [5, 5.41) is 3.53. The first-order valence-electron chi connectivity index (χ1n) is 7.22. The Morgan fingerprint density at radius 3 is 2.35 bits per heavy atom. The maximum atomic E-state index is 11.8. The molecule has 1 aliphatic heterocycles. The second kappa shape index (κ2) is 5.83. The molecule has 0 saturated carbocycles. The number of hydrogen-bond acceptors (Lipinski definition) is 3. The van der Waals surface area contributed by atoms with E-state index in [0.29, 0.717) is 12.0 Å². The zero-order valence-electron chi connectivity index (χ0n) is 12.8. The quantitative estimate of drug-likeness (QED) is 0.886. The number of rotatable bonds is 3. The third-order valence-corrected chi connectivity index (χ3v) is 4.26. The van der Waals surface area contributed by atoms with Gasteiger partial charge in [-0.3, -0.25) is 4.79 Å². The molecule has 0 aliphatic carbocycles. The first kappa shape index (κ1) is 14.9. The van der Waals surface area contributed by atoms with E-state index < -0.39 is 0 Å². The van der Waals surface area contributed by atoms with Crippen LogP contribution in [0.1, 0.15) is 31.9 Å². The molecule has 0 bridgehead atoms. The van der Waals surface area contributed by atoms with Crippen molar-refractivity contribution in [1.82, 2.24) is 5.32 Å². The highest BCUT2D eigenvalue weighted by Gasteiger charge is 2.37. The summed E-state index contributed by atoms with van der Waals surface area (Å²) in [7, 11) is 4.04. The molecule has 0 aromatic heterocycles. The lowest BCUT2D eigenvalue weighted by molar-refractivity contribution is -0.125. The normalized spacial score (nSPS) is 30.0. The molecule has 1 aromatic rings. The molecule has 4 heteroatoms. The monoisotopic (exact) mass is 275 g/mol. The van der Waals surface area contributed by atoms with E-state index in [-0.39, 0.29) is 17.9 Å². The van der Waals surface area contributed by atoms with Crippen LogP contribution in [-0.2, 0) is 4.79 Å². The number of nitrogens with two attached hydrogens (primary N) is 1. The van der Waals surface area contributed by atoms with Gasteiger partial charge in [-0.15, -0.1) is 0 Å². The molecule has 2 rings (SSSR count). The summed E-state index contributed by atoms with van der Waals surface area (Å²) in [6.07, 6.45) is 0.986. The lowest BCUT2D eigenvalue weighted by Crippen LogP contribution is -2.49. The van der Waals surface area contributed by atoms with Crippen LogP contribution in [0.5, 0.6) is 0 Å². The fourth-order valence-corrected chi connectivity index (χ4v) is 3.24. The SMILES string of the molecule is CC1CC(C)C(C(N)=O)C(c2ccc(N(C)C)cc2)N1. The van der Waals surface area contributed by atoms with Gasteiger partial charge < -0.3 is 16.0 Å². The van der Waals surface area contributed by atoms with Gasteiger partial charge in [0.15, 0.2) is 0 Å². The predicted octanol–water partition coefficient (Wildman–Crippen LogP) is 1.91. The summed E-state index contributed by atoms with van der Waals surface area (Å²) in [4.78, 5) is 13.9. The average Bonchev–Trinajstić information content (AvgIpc) is 2.37. The van der Waals surface area contributed by atoms with Gasteiger partial charge in [0, 0.05) is 31.9 Å². The van der Waals surface area contributed by atoms with Crippen LogP contribution in [-0.4, -0.2) is 26.0 Å². The minimum absolute atomic E-state index is 0.0162. The van der Waals surface area contributed by atoms with E-state index in [9.17, 15) is 4.79 Å². The number of benzene rings is 1. The number of nitrogens with one attached hydrogen (secondary N) is 1. The minimum atomic E-state index is -0.210. The second-order valence-electron chi connectivity index (χ2n) is 6.17. The second-order valence-corrected chi connectivity index (χ2v) is 6.17. The largest absolute Gasteiger partial charge is 0.378 e. The molecule has 20 heavy (non-hydrogen) atoms. The van der Waals surface area contributed by atoms with E-state index in [1.807, 2.05) is 14.1 Å². The minimum Gasteiger partial charge on any atom is -0.378 e. The molecule has 1 fully saturated rings. The predicted molar refractivity (Wildman–Crippen MR) is 82.6 cm³/mol. The van der Waals surface area contributed by atoms with Crippen LogP contribution >= 0.6 is 0 Å². The number of carbonyl (C=O) groups is 1. The molecule has 4 nitrogen and oxygen atoms in total. The maximum Gasteiger partial charge on any atom is 0.222 e. The average molecular weight is 275 g/mol. The summed E-state index contributed by atoms with van der Waals surface area (Å²) < 4.78 is 0. The first-order chi connectivity index (χ1) is 9.40. The van der Waals surface area contributed by atoms with E-state index in [0.717, 1.165) is 17.7 Å². The Balaban J connectivity index is 2.29. The Morgan fingerprint density at radius 1 is 1.25 bits per heavy atom. The van der Waals surface area contributed by atoms with E-state index in [1.54, 1.807) is 0 Å². The van der Waals surface area contributed by atoms with Gasteiger partial charge in [0.05, 0.1) is 5.92 Å². The van der Waals surface area contributed by atoms with Crippen molar-refractivity contribution in [2.75, 3.05) is 19.0 Å². The van der Waals surface area contributed by atoms with Crippen LogP contribution < -0.4 is 16.0 Å². The number of hydrogen-bond donors (Lipinski definition) is 2. The smallest absolute Gasteiger partial charge is 0.222 e. The van der Waals surface area contributed by atoms with Crippen LogP contribution in [0, 0.1) is 11.8 Å². The van der Waals surface area contributed by atoms with Crippen LogP contribution in [0.25, 0.3) is 0 Å². The van der Waals surface area contributed by atoms with Crippen molar-refractivity contribution in [3.05, 3.63) is 29.8 Å². The van der Waals surface area contributed by atoms with Gasteiger partial charge in [-0.25, -0.2) is 0 Å². The Kier molecular flexibility index (Phi) is 4.33. The van der Waals surface area contributed by atoms with Gasteiger partial charge in [-0.05, 0) is 37.0 Å². The Bertz CT molecular complexity index is 469. The van der Waals surface area contributed by atoms with Gasteiger partial charge in [0.2, 0.25) is 5.91 Å². The van der Waals surface area contributed by atoms with E-state index in [2.05, 4.69) is 48.3 Å². The number of piperidine rings is 1. The zero-order valence-corrected chi connectivity index (χ0v) is 12.8. The molecule has 4 atom stereocenters. The van der Waals surface area contributed by atoms with Gasteiger partial charge in [0.1, 0.15) is 0 Å².